The fraction of sp³-hybridized carbons (Fsp3) is 0.250. The monoisotopic (exact) mass is 340 g/mol. The summed E-state index contributed by atoms with van der Waals surface area (Å²) in [6.45, 7) is 2.10. The summed E-state index contributed by atoms with van der Waals surface area (Å²) >= 11 is 2.21. The van der Waals surface area contributed by atoms with Gasteiger partial charge in [-0.05, 0) is 40.6 Å². The minimum atomic E-state index is 0.744. The standard InChI is InChI=1S/C12H13IN4/c1-3-8-6-15-5-4-9(8)11-16-7-10(13)12(14-2)17-11/h4-7H,3H2,1-2H3,(H,14,16,17). The number of nitrogens with zero attached hydrogens (tertiary/aromatic N) is 3. The van der Waals surface area contributed by atoms with Crippen molar-refractivity contribution in [1.82, 2.24) is 15.0 Å². The van der Waals surface area contributed by atoms with Crippen LogP contribution in [0.3, 0.4) is 0 Å². The van der Waals surface area contributed by atoms with Gasteiger partial charge < -0.3 is 5.32 Å². The summed E-state index contributed by atoms with van der Waals surface area (Å²) in [6.07, 6.45) is 6.40. The number of rotatable bonds is 3. The lowest BCUT2D eigenvalue weighted by Crippen LogP contribution is -2.01. The quantitative estimate of drug-likeness (QED) is 0.873. The third-order valence-electron chi connectivity index (χ3n) is 2.51. The molecule has 0 aliphatic heterocycles. The van der Waals surface area contributed by atoms with Gasteiger partial charge in [0.05, 0.1) is 3.57 Å². The average Bonchev–Trinajstić information content (AvgIpc) is 2.39. The van der Waals surface area contributed by atoms with E-state index in [9.17, 15) is 0 Å². The summed E-state index contributed by atoms with van der Waals surface area (Å²) < 4.78 is 1.01. The van der Waals surface area contributed by atoms with E-state index in [1.165, 1.54) is 0 Å². The maximum atomic E-state index is 4.51. The van der Waals surface area contributed by atoms with Crippen molar-refractivity contribution in [2.75, 3.05) is 12.4 Å². The van der Waals surface area contributed by atoms with Crippen LogP contribution in [0.15, 0.2) is 24.7 Å². The maximum Gasteiger partial charge on any atom is 0.161 e. The number of nitrogens with one attached hydrogen (secondary N) is 1. The molecule has 1 N–H and O–H groups in total. The molecule has 0 unspecified atom stereocenters. The molecule has 88 valence electrons. The minimum Gasteiger partial charge on any atom is -0.372 e. The Balaban J connectivity index is 2.53. The maximum absolute atomic E-state index is 4.51. The van der Waals surface area contributed by atoms with Crippen LogP contribution in [0.5, 0.6) is 0 Å². The highest BCUT2D eigenvalue weighted by Gasteiger charge is 2.09. The molecule has 17 heavy (non-hydrogen) atoms. The zero-order valence-corrected chi connectivity index (χ0v) is 11.9. The van der Waals surface area contributed by atoms with E-state index in [-0.39, 0.29) is 0 Å². The van der Waals surface area contributed by atoms with Gasteiger partial charge in [0.1, 0.15) is 5.82 Å². The molecule has 0 atom stereocenters. The molecule has 0 aromatic carbocycles. The first-order valence-corrected chi connectivity index (χ1v) is 6.47. The van der Waals surface area contributed by atoms with Gasteiger partial charge in [0.15, 0.2) is 5.82 Å². The number of pyridine rings is 1. The Morgan fingerprint density at radius 2 is 2.18 bits per heavy atom. The van der Waals surface area contributed by atoms with Gasteiger partial charge in [-0.2, -0.15) is 0 Å². The third kappa shape index (κ3) is 2.54. The van der Waals surface area contributed by atoms with Crippen LogP contribution in [-0.2, 0) is 6.42 Å². The van der Waals surface area contributed by atoms with Gasteiger partial charge in [-0.1, -0.05) is 6.92 Å². The van der Waals surface area contributed by atoms with Gasteiger partial charge in [0, 0.05) is 31.2 Å². The van der Waals surface area contributed by atoms with E-state index in [1.807, 2.05) is 25.5 Å². The van der Waals surface area contributed by atoms with Gasteiger partial charge in [-0.25, -0.2) is 9.97 Å². The Hall–Kier alpha value is -1.24. The molecule has 0 aliphatic carbocycles. The Labute approximate surface area is 114 Å². The Kier molecular flexibility index (Phi) is 3.88. The molecule has 0 spiro atoms. The highest BCUT2D eigenvalue weighted by molar-refractivity contribution is 14.1. The normalized spacial score (nSPS) is 10.3. The van der Waals surface area contributed by atoms with Crippen LogP contribution in [0, 0.1) is 3.57 Å². The number of aryl methyl sites for hydroxylation is 1. The molecule has 0 bridgehead atoms. The Bertz CT molecular complexity index is 528. The molecule has 2 rings (SSSR count). The average molecular weight is 340 g/mol. The summed E-state index contributed by atoms with van der Waals surface area (Å²) in [6, 6.07) is 1.96. The zero-order valence-electron chi connectivity index (χ0n) is 9.74. The summed E-state index contributed by atoms with van der Waals surface area (Å²) in [5.41, 5.74) is 2.21. The molecule has 4 nitrogen and oxygen atoms in total. The predicted molar refractivity (Wildman–Crippen MR) is 76.9 cm³/mol. The third-order valence-corrected chi connectivity index (χ3v) is 3.30. The van der Waals surface area contributed by atoms with Crippen LogP contribution >= 0.6 is 22.6 Å². The SMILES string of the molecule is CCc1cnccc1-c1ncc(I)c(NC)n1. The lowest BCUT2D eigenvalue weighted by Gasteiger charge is -2.08. The molecule has 0 fully saturated rings. The highest BCUT2D eigenvalue weighted by Crippen LogP contribution is 2.22. The summed E-state index contributed by atoms with van der Waals surface area (Å²) in [5, 5.41) is 3.07. The molecule has 0 saturated carbocycles. The van der Waals surface area contributed by atoms with E-state index < -0.39 is 0 Å². The lowest BCUT2D eigenvalue weighted by molar-refractivity contribution is 1.08. The van der Waals surface area contributed by atoms with Crippen molar-refractivity contribution in [1.29, 1.82) is 0 Å². The molecular weight excluding hydrogens is 327 g/mol. The van der Waals surface area contributed by atoms with Crippen LogP contribution < -0.4 is 5.32 Å². The van der Waals surface area contributed by atoms with Crippen LogP contribution in [0.4, 0.5) is 5.82 Å². The van der Waals surface area contributed by atoms with Crippen LogP contribution in [0.25, 0.3) is 11.4 Å². The van der Waals surface area contributed by atoms with E-state index >= 15 is 0 Å². The first kappa shape index (κ1) is 12.2. The van der Waals surface area contributed by atoms with Crippen molar-refractivity contribution < 1.29 is 0 Å². The van der Waals surface area contributed by atoms with E-state index in [1.54, 1.807) is 6.20 Å². The molecule has 0 amide bonds. The first-order valence-electron chi connectivity index (χ1n) is 5.39. The van der Waals surface area contributed by atoms with Crippen molar-refractivity contribution in [2.45, 2.75) is 13.3 Å². The predicted octanol–water partition coefficient (Wildman–Crippen LogP) is 2.75. The van der Waals surface area contributed by atoms with Gasteiger partial charge in [-0.3, -0.25) is 4.98 Å². The molecule has 5 heteroatoms. The number of anilines is 1. The van der Waals surface area contributed by atoms with Crippen molar-refractivity contribution >= 4 is 28.4 Å². The number of aromatic nitrogens is 3. The number of hydrogen-bond donors (Lipinski definition) is 1. The molecule has 2 heterocycles. The molecular formula is C12H13IN4. The van der Waals surface area contributed by atoms with Crippen LogP contribution in [0.2, 0.25) is 0 Å². The fourth-order valence-corrected chi connectivity index (χ4v) is 2.13. The smallest absolute Gasteiger partial charge is 0.161 e. The summed E-state index contributed by atoms with van der Waals surface area (Å²) in [4.78, 5) is 13.0. The highest BCUT2D eigenvalue weighted by atomic mass is 127. The van der Waals surface area contributed by atoms with E-state index in [4.69, 9.17) is 0 Å². The largest absolute Gasteiger partial charge is 0.372 e. The topological polar surface area (TPSA) is 50.7 Å². The van der Waals surface area contributed by atoms with Crippen molar-refractivity contribution in [3.05, 3.63) is 33.8 Å². The summed E-state index contributed by atoms with van der Waals surface area (Å²) in [5.74, 6) is 1.60. The Morgan fingerprint density at radius 1 is 1.35 bits per heavy atom. The molecule has 2 aromatic heterocycles. The second kappa shape index (κ2) is 5.39. The van der Waals surface area contributed by atoms with Crippen LogP contribution in [0.1, 0.15) is 12.5 Å². The van der Waals surface area contributed by atoms with Crippen LogP contribution in [-0.4, -0.2) is 22.0 Å². The van der Waals surface area contributed by atoms with Crippen molar-refractivity contribution in [3.8, 4) is 11.4 Å². The Morgan fingerprint density at radius 3 is 2.88 bits per heavy atom. The van der Waals surface area contributed by atoms with Gasteiger partial charge >= 0.3 is 0 Å². The first-order chi connectivity index (χ1) is 8.26. The number of hydrogen-bond acceptors (Lipinski definition) is 4. The second-order valence-electron chi connectivity index (χ2n) is 3.53. The van der Waals surface area contributed by atoms with Crippen molar-refractivity contribution in [2.24, 2.45) is 0 Å². The minimum absolute atomic E-state index is 0.744. The van der Waals surface area contributed by atoms with Gasteiger partial charge in [0.2, 0.25) is 0 Å². The second-order valence-corrected chi connectivity index (χ2v) is 4.69. The van der Waals surface area contributed by atoms with Crippen molar-refractivity contribution in [3.63, 3.8) is 0 Å². The van der Waals surface area contributed by atoms with E-state index in [0.717, 1.165) is 32.8 Å². The molecule has 2 aromatic rings. The molecule has 0 radical (unpaired) electrons. The molecule has 0 aliphatic rings. The zero-order chi connectivity index (χ0) is 12.3. The van der Waals surface area contributed by atoms with E-state index in [2.05, 4.69) is 49.8 Å². The fourth-order valence-electron chi connectivity index (χ4n) is 1.60. The van der Waals surface area contributed by atoms with Gasteiger partial charge in [-0.15, -0.1) is 0 Å². The lowest BCUT2D eigenvalue weighted by atomic mass is 10.1. The van der Waals surface area contributed by atoms with E-state index in [0.29, 0.717) is 0 Å². The van der Waals surface area contributed by atoms with Gasteiger partial charge in [0.25, 0.3) is 0 Å². The number of halogens is 1. The molecule has 0 saturated heterocycles. The summed E-state index contributed by atoms with van der Waals surface area (Å²) in [7, 11) is 1.86.